The predicted octanol–water partition coefficient (Wildman–Crippen LogP) is 4.42. The number of benzene rings is 1. The van der Waals surface area contributed by atoms with E-state index in [-0.39, 0.29) is 11.3 Å². The average Bonchev–Trinajstić information content (AvgIpc) is 2.44. The van der Waals surface area contributed by atoms with Crippen molar-refractivity contribution in [2.45, 2.75) is 46.0 Å². The lowest BCUT2D eigenvalue weighted by Crippen LogP contribution is -2.32. The molecule has 0 N–H and O–H groups in total. The fourth-order valence-corrected chi connectivity index (χ4v) is 2.17. The standard InChI is InChI=1S/C18H26ClNO/c1-5-16-7-9-17(10-8-16)13-20(12-14(2)3)18(21)11-6-15(4)19/h6-11,14-15H,5,12-13H2,1-4H3/b11-6+. The Morgan fingerprint density at radius 1 is 1.19 bits per heavy atom. The topological polar surface area (TPSA) is 20.3 Å². The fourth-order valence-electron chi connectivity index (χ4n) is 2.09. The monoisotopic (exact) mass is 307 g/mol. The van der Waals surface area contributed by atoms with E-state index in [4.69, 9.17) is 11.6 Å². The highest BCUT2D eigenvalue weighted by molar-refractivity contribution is 6.21. The summed E-state index contributed by atoms with van der Waals surface area (Å²) in [4.78, 5) is 14.2. The molecule has 0 saturated carbocycles. The number of halogens is 1. The van der Waals surface area contributed by atoms with Crippen molar-refractivity contribution in [2.75, 3.05) is 6.54 Å². The second-order valence-electron chi connectivity index (χ2n) is 5.82. The SMILES string of the molecule is CCc1ccc(CN(CC(C)C)C(=O)/C=C/C(C)Cl)cc1. The molecular weight excluding hydrogens is 282 g/mol. The zero-order valence-corrected chi connectivity index (χ0v) is 14.2. The first-order valence-electron chi connectivity index (χ1n) is 7.61. The largest absolute Gasteiger partial charge is 0.335 e. The lowest BCUT2D eigenvalue weighted by Gasteiger charge is -2.23. The number of rotatable bonds is 7. The molecule has 0 aromatic heterocycles. The van der Waals surface area contributed by atoms with Gasteiger partial charge in [-0.3, -0.25) is 4.79 Å². The smallest absolute Gasteiger partial charge is 0.246 e. The van der Waals surface area contributed by atoms with Crippen LogP contribution in [0.2, 0.25) is 0 Å². The zero-order chi connectivity index (χ0) is 15.8. The second kappa shape index (κ2) is 8.89. The van der Waals surface area contributed by atoms with Gasteiger partial charge in [-0.25, -0.2) is 0 Å². The van der Waals surface area contributed by atoms with Crippen LogP contribution in [0.15, 0.2) is 36.4 Å². The van der Waals surface area contributed by atoms with E-state index >= 15 is 0 Å². The summed E-state index contributed by atoms with van der Waals surface area (Å²) < 4.78 is 0. The Kier molecular flexibility index (Phi) is 7.52. The van der Waals surface area contributed by atoms with Crippen molar-refractivity contribution in [3.63, 3.8) is 0 Å². The van der Waals surface area contributed by atoms with Crippen LogP contribution in [0.4, 0.5) is 0 Å². The summed E-state index contributed by atoms with van der Waals surface area (Å²) in [6.45, 7) is 9.61. The number of allylic oxidation sites excluding steroid dienone is 1. The number of carbonyl (C=O) groups excluding carboxylic acids is 1. The van der Waals surface area contributed by atoms with Gasteiger partial charge in [0.15, 0.2) is 0 Å². The number of aryl methyl sites for hydroxylation is 1. The summed E-state index contributed by atoms with van der Waals surface area (Å²) >= 11 is 5.87. The molecule has 1 aromatic rings. The molecule has 0 fully saturated rings. The van der Waals surface area contributed by atoms with Gasteiger partial charge in [-0.05, 0) is 30.4 Å². The van der Waals surface area contributed by atoms with E-state index < -0.39 is 0 Å². The summed E-state index contributed by atoms with van der Waals surface area (Å²) in [5, 5.41) is -0.126. The van der Waals surface area contributed by atoms with Crippen LogP contribution < -0.4 is 0 Å². The molecule has 1 unspecified atom stereocenters. The van der Waals surface area contributed by atoms with Crippen molar-refractivity contribution in [1.29, 1.82) is 0 Å². The molecule has 21 heavy (non-hydrogen) atoms. The van der Waals surface area contributed by atoms with E-state index in [2.05, 4.69) is 45.0 Å². The number of alkyl halides is 1. The molecule has 0 radical (unpaired) electrons. The van der Waals surface area contributed by atoms with Crippen LogP contribution in [0.25, 0.3) is 0 Å². The molecule has 1 atom stereocenters. The fraction of sp³-hybridized carbons (Fsp3) is 0.500. The van der Waals surface area contributed by atoms with Crippen LogP contribution >= 0.6 is 11.6 Å². The molecule has 0 bridgehead atoms. The molecule has 1 rings (SSSR count). The van der Waals surface area contributed by atoms with Gasteiger partial charge in [0.25, 0.3) is 0 Å². The van der Waals surface area contributed by atoms with E-state index in [1.165, 1.54) is 5.56 Å². The van der Waals surface area contributed by atoms with Gasteiger partial charge in [-0.15, -0.1) is 11.6 Å². The first kappa shape index (κ1) is 17.8. The molecule has 0 saturated heterocycles. The molecule has 116 valence electrons. The van der Waals surface area contributed by atoms with Gasteiger partial charge in [-0.2, -0.15) is 0 Å². The Morgan fingerprint density at radius 2 is 1.76 bits per heavy atom. The quantitative estimate of drug-likeness (QED) is 0.539. The van der Waals surface area contributed by atoms with Gasteiger partial charge in [0, 0.05) is 24.5 Å². The van der Waals surface area contributed by atoms with Crippen molar-refractivity contribution in [2.24, 2.45) is 5.92 Å². The molecule has 0 spiro atoms. The Bertz CT molecular complexity index is 463. The minimum absolute atomic E-state index is 0.0239. The van der Waals surface area contributed by atoms with E-state index in [1.807, 2.05) is 11.8 Å². The van der Waals surface area contributed by atoms with Crippen LogP contribution in [-0.4, -0.2) is 22.7 Å². The first-order valence-corrected chi connectivity index (χ1v) is 8.05. The molecular formula is C18H26ClNO. The Hall–Kier alpha value is -1.28. The van der Waals surface area contributed by atoms with Gasteiger partial charge in [-0.1, -0.05) is 51.1 Å². The normalized spacial score (nSPS) is 12.9. The summed E-state index contributed by atoms with van der Waals surface area (Å²) in [7, 11) is 0. The second-order valence-corrected chi connectivity index (χ2v) is 6.51. The molecule has 0 aliphatic heterocycles. The van der Waals surface area contributed by atoms with E-state index in [0.717, 1.165) is 18.5 Å². The van der Waals surface area contributed by atoms with Crippen molar-refractivity contribution < 1.29 is 4.79 Å². The van der Waals surface area contributed by atoms with E-state index in [9.17, 15) is 4.79 Å². The van der Waals surface area contributed by atoms with Crippen molar-refractivity contribution in [1.82, 2.24) is 4.90 Å². The highest BCUT2D eigenvalue weighted by atomic mass is 35.5. The lowest BCUT2D eigenvalue weighted by molar-refractivity contribution is -0.127. The maximum absolute atomic E-state index is 12.3. The molecule has 1 aromatic carbocycles. The number of nitrogens with zero attached hydrogens (tertiary/aromatic N) is 1. The number of hydrogen-bond donors (Lipinski definition) is 0. The van der Waals surface area contributed by atoms with E-state index in [1.54, 1.807) is 12.2 Å². The third kappa shape index (κ3) is 6.81. The van der Waals surface area contributed by atoms with Crippen LogP contribution in [0.5, 0.6) is 0 Å². The first-order chi connectivity index (χ1) is 9.92. The number of hydrogen-bond acceptors (Lipinski definition) is 1. The van der Waals surface area contributed by atoms with Crippen molar-refractivity contribution in [3.8, 4) is 0 Å². The summed E-state index contributed by atoms with van der Waals surface area (Å²) in [5.41, 5.74) is 2.48. The van der Waals surface area contributed by atoms with Gasteiger partial charge in [0.1, 0.15) is 0 Å². The van der Waals surface area contributed by atoms with Gasteiger partial charge < -0.3 is 4.90 Å². The third-order valence-corrected chi connectivity index (χ3v) is 3.35. The van der Waals surface area contributed by atoms with Crippen LogP contribution in [0, 0.1) is 5.92 Å². The highest BCUT2D eigenvalue weighted by Crippen LogP contribution is 2.11. The van der Waals surface area contributed by atoms with Crippen LogP contribution in [-0.2, 0) is 17.8 Å². The van der Waals surface area contributed by atoms with Crippen molar-refractivity contribution >= 4 is 17.5 Å². The minimum atomic E-state index is -0.126. The summed E-state index contributed by atoms with van der Waals surface area (Å²) in [6, 6.07) is 8.47. The lowest BCUT2D eigenvalue weighted by atomic mass is 10.1. The Labute approximate surface area is 133 Å². The molecule has 0 heterocycles. The maximum atomic E-state index is 12.3. The average molecular weight is 308 g/mol. The molecule has 0 aliphatic rings. The Balaban J connectivity index is 2.79. The van der Waals surface area contributed by atoms with Gasteiger partial charge >= 0.3 is 0 Å². The molecule has 0 aliphatic carbocycles. The summed E-state index contributed by atoms with van der Waals surface area (Å²) in [6.07, 6.45) is 4.35. The zero-order valence-electron chi connectivity index (χ0n) is 13.5. The minimum Gasteiger partial charge on any atom is -0.335 e. The highest BCUT2D eigenvalue weighted by Gasteiger charge is 2.13. The maximum Gasteiger partial charge on any atom is 0.246 e. The predicted molar refractivity (Wildman–Crippen MR) is 90.5 cm³/mol. The number of carbonyl (C=O) groups is 1. The summed E-state index contributed by atoms with van der Waals surface area (Å²) in [5.74, 6) is 0.460. The van der Waals surface area contributed by atoms with Gasteiger partial charge in [0.2, 0.25) is 5.91 Å². The molecule has 2 nitrogen and oxygen atoms in total. The van der Waals surface area contributed by atoms with Crippen LogP contribution in [0.1, 0.15) is 38.8 Å². The van der Waals surface area contributed by atoms with Crippen LogP contribution in [0.3, 0.4) is 0 Å². The molecule has 1 amide bonds. The number of amides is 1. The third-order valence-electron chi connectivity index (χ3n) is 3.21. The van der Waals surface area contributed by atoms with E-state index in [0.29, 0.717) is 12.5 Å². The Morgan fingerprint density at radius 3 is 2.24 bits per heavy atom. The van der Waals surface area contributed by atoms with Gasteiger partial charge in [0.05, 0.1) is 0 Å². The molecule has 3 heteroatoms. The van der Waals surface area contributed by atoms with Crippen molar-refractivity contribution in [3.05, 3.63) is 47.5 Å².